The van der Waals surface area contributed by atoms with Gasteiger partial charge >= 0.3 is 0 Å². The van der Waals surface area contributed by atoms with Gasteiger partial charge in [0, 0.05) is 10.9 Å². The van der Waals surface area contributed by atoms with Gasteiger partial charge in [-0.3, -0.25) is 0 Å². The first-order chi connectivity index (χ1) is 4.25. The summed E-state index contributed by atoms with van der Waals surface area (Å²) in [5, 5.41) is 0.795. The Balaban J connectivity index is 3.07. The average molecular weight is 148 g/mol. The van der Waals surface area contributed by atoms with Crippen molar-refractivity contribution in [3.8, 4) is 0 Å². The number of thiophene rings is 1. The van der Waals surface area contributed by atoms with Crippen LogP contribution < -0.4 is 0 Å². The van der Waals surface area contributed by atoms with E-state index in [2.05, 4.69) is 0 Å². The van der Waals surface area contributed by atoms with Gasteiger partial charge in [-0.05, 0) is 6.42 Å². The van der Waals surface area contributed by atoms with E-state index in [1.807, 2.05) is 0 Å². The molecule has 0 saturated carbocycles. The Kier molecular flexibility index (Phi) is 1.81. The largest absolute Gasteiger partial charge is 0.206 e. The van der Waals surface area contributed by atoms with E-state index in [0.717, 1.165) is 11.3 Å². The van der Waals surface area contributed by atoms with Gasteiger partial charge in [0.05, 0.1) is 0 Å². The van der Waals surface area contributed by atoms with E-state index in [1.54, 1.807) is 6.92 Å². The van der Waals surface area contributed by atoms with Crippen molar-refractivity contribution in [3.63, 3.8) is 0 Å². The molecule has 0 unspecified atom stereocenters. The van der Waals surface area contributed by atoms with E-state index >= 15 is 0 Å². The molecule has 0 saturated heterocycles. The van der Waals surface area contributed by atoms with Gasteiger partial charge < -0.3 is 0 Å². The average Bonchev–Trinajstić information content (AvgIpc) is 2.12. The summed E-state index contributed by atoms with van der Waals surface area (Å²) in [6, 6.07) is 0. The zero-order valence-corrected chi connectivity index (χ0v) is 5.77. The highest BCUT2D eigenvalue weighted by molar-refractivity contribution is 7.08. The molecule has 0 nitrogen and oxygen atoms in total. The third kappa shape index (κ3) is 1.10. The van der Waals surface area contributed by atoms with Crippen LogP contribution in [0.4, 0.5) is 8.78 Å². The van der Waals surface area contributed by atoms with Gasteiger partial charge in [-0.1, -0.05) is 6.92 Å². The Morgan fingerprint density at radius 1 is 1.56 bits per heavy atom. The fourth-order valence-corrected chi connectivity index (χ4v) is 1.38. The predicted molar refractivity (Wildman–Crippen MR) is 33.6 cm³/mol. The third-order valence-corrected chi connectivity index (χ3v) is 1.92. The highest BCUT2D eigenvalue weighted by Crippen LogP contribution is 2.18. The fourth-order valence-electron chi connectivity index (χ4n) is 0.647. The molecular weight excluding hydrogens is 142 g/mol. The Morgan fingerprint density at radius 2 is 2.22 bits per heavy atom. The molecular formula is C6H6F2S. The molecule has 0 aromatic carbocycles. The van der Waals surface area contributed by atoms with Crippen LogP contribution in [0.3, 0.4) is 0 Å². The molecule has 1 heterocycles. The molecule has 0 bridgehead atoms. The standard InChI is InChI=1S/C6H6F2S/c1-2-4-5(7)3-9-6(4)8/h3H,2H2,1H3. The van der Waals surface area contributed by atoms with Crippen molar-refractivity contribution in [1.82, 2.24) is 0 Å². The Bertz CT molecular complexity index is 185. The molecule has 0 aliphatic carbocycles. The molecule has 0 amide bonds. The first-order valence-corrected chi connectivity index (χ1v) is 3.55. The van der Waals surface area contributed by atoms with E-state index in [0.29, 0.717) is 6.42 Å². The first-order valence-electron chi connectivity index (χ1n) is 2.67. The zero-order valence-electron chi connectivity index (χ0n) is 4.95. The SMILES string of the molecule is CCc1c(F)csc1F. The van der Waals surface area contributed by atoms with Crippen LogP contribution in [-0.4, -0.2) is 0 Å². The second-order valence-electron chi connectivity index (χ2n) is 1.69. The molecule has 1 aromatic rings. The van der Waals surface area contributed by atoms with Crippen LogP contribution in [-0.2, 0) is 6.42 Å². The van der Waals surface area contributed by atoms with E-state index in [4.69, 9.17) is 0 Å². The lowest BCUT2D eigenvalue weighted by Crippen LogP contribution is -1.82. The first kappa shape index (κ1) is 6.68. The Morgan fingerprint density at radius 3 is 2.44 bits per heavy atom. The molecule has 50 valence electrons. The smallest absolute Gasteiger partial charge is 0.182 e. The molecule has 3 heteroatoms. The Labute approximate surface area is 56.1 Å². The second kappa shape index (κ2) is 2.43. The minimum absolute atomic E-state index is 0.208. The lowest BCUT2D eigenvalue weighted by molar-refractivity contribution is 0.585. The van der Waals surface area contributed by atoms with Crippen LogP contribution in [0, 0.1) is 10.9 Å². The van der Waals surface area contributed by atoms with Crippen molar-refractivity contribution in [3.05, 3.63) is 21.9 Å². The maximum atomic E-state index is 12.4. The van der Waals surface area contributed by atoms with Crippen molar-refractivity contribution >= 4 is 11.3 Å². The molecule has 0 fully saturated rings. The molecule has 9 heavy (non-hydrogen) atoms. The fraction of sp³-hybridized carbons (Fsp3) is 0.333. The summed E-state index contributed by atoms with van der Waals surface area (Å²) in [5.41, 5.74) is 0.208. The van der Waals surface area contributed by atoms with Crippen molar-refractivity contribution < 1.29 is 8.78 Å². The van der Waals surface area contributed by atoms with Gasteiger partial charge in [0.25, 0.3) is 0 Å². The maximum absolute atomic E-state index is 12.4. The normalized spacial score (nSPS) is 10.1. The van der Waals surface area contributed by atoms with Crippen LogP contribution in [0.1, 0.15) is 12.5 Å². The molecule has 0 N–H and O–H groups in total. The van der Waals surface area contributed by atoms with Crippen molar-refractivity contribution in [2.75, 3.05) is 0 Å². The van der Waals surface area contributed by atoms with Crippen LogP contribution in [0.5, 0.6) is 0 Å². The van der Waals surface area contributed by atoms with E-state index in [9.17, 15) is 8.78 Å². The van der Waals surface area contributed by atoms with Gasteiger partial charge in [0.1, 0.15) is 5.82 Å². The molecule has 0 radical (unpaired) electrons. The molecule has 0 atom stereocenters. The van der Waals surface area contributed by atoms with E-state index in [-0.39, 0.29) is 5.56 Å². The molecule has 0 aliphatic rings. The molecule has 1 rings (SSSR count). The van der Waals surface area contributed by atoms with Crippen LogP contribution in [0.25, 0.3) is 0 Å². The van der Waals surface area contributed by atoms with Crippen molar-refractivity contribution in [2.24, 2.45) is 0 Å². The summed E-state index contributed by atoms with van der Waals surface area (Å²) in [6.07, 6.45) is 0.432. The van der Waals surface area contributed by atoms with Gasteiger partial charge in [0.15, 0.2) is 5.13 Å². The maximum Gasteiger partial charge on any atom is 0.182 e. The highest BCUT2D eigenvalue weighted by atomic mass is 32.1. The third-order valence-electron chi connectivity index (χ3n) is 1.14. The number of hydrogen-bond acceptors (Lipinski definition) is 1. The minimum Gasteiger partial charge on any atom is -0.206 e. The summed E-state index contributed by atoms with van der Waals surface area (Å²) >= 11 is 0.814. The highest BCUT2D eigenvalue weighted by Gasteiger charge is 2.07. The van der Waals surface area contributed by atoms with E-state index < -0.39 is 10.9 Å². The number of hydrogen-bond donors (Lipinski definition) is 0. The summed E-state index contributed by atoms with van der Waals surface area (Å²) < 4.78 is 24.8. The monoisotopic (exact) mass is 148 g/mol. The van der Waals surface area contributed by atoms with Crippen LogP contribution in [0.2, 0.25) is 0 Å². The summed E-state index contributed by atoms with van der Waals surface area (Å²) in [4.78, 5) is 0. The lowest BCUT2D eigenvalue weighted by Gasteiger charge is -1.87. The minimum atomic E-state index is -0.417. The Hall–Kier alpha value is -0.440. The van der Waals surface area contributed by atoms with E-state index in [1.165, 1.54) is 5.38 Å². The molecule has 0 spiro atoms. The summed E-state index contributed by atoms with van der Waals surface area (Å²) in [6.45, 7) is 1.73. The van der Waals surface area contributed by atoms with Gasteiger partial charge in [-0.15, -0.1) is 11.3 Å². The van der Waals surface area contributed by atoms with Gasteiger partial charge in [-0.2, -0.15) is 4.39 Å². The quantitative estimate of drug-likeness (QED) is 0.574. The summed E-state index contributed by atoms with van der Waals surface area (Å²) in [5.74, 6) is -0.417. The van der Waals surface area contributed by atoms with Gasteiger partial charge in [0.2, 0.25) is 0 Å². The second-order valence-corrected chi connectivity index (χ2v) is 2.52. The van der Waals surface area contributed by atoms with Crippen LogP contribution >= 0.6 is 11.3 Å². The number of halogens is 2. The lowest BCUT2D eigenvalue weighted by atomic mass is 10.2. The summed E-state index contributed by atoms with van der Waals surface area (Å²) in [7, 11) is 0. The zero-order chi connectivity index (χ0) is 6.85. The number of rotatable bonds is 1. The van der Waals surface area contributed by atoms with Crippen molar-refractivity contribution in [1.29, 1.82) is 0 Å². The van der Waals surface area contributed by atoms with Crippen molar-refractivity contribution in [2.45, 2.75) is 13.3 Å². The van der Waals surface area contributed by atoms with Gasteiger partial charge in [-0.25, -0.2) is 4.39 Å². The molecule has 1 aromatic heterocycles. The topological polar surface area (TPSA) is 0 Å². The molecule has 0 aliphatic heterocycles. The van der Waals surface area contributed by atoms with Crippen LogP contribution in [0.15, 0.2) is 5.38 Å². The predicted octanol–water partition coefficient (Wildman–Crippen LogP) is 2.59.